The zero-order valence-electron chi connectivity index (χ0n) is 4.17. The van der Waals surface area contributed by atoms with E-state index in [0.29, 0.717) is 0 Å². The van der Waals surface area contributed by atoms with Gasteiger partial charge < -0.3 is 0 Å². The van der Waals surface area contributed by atoms with Gasteiger partial charge in [-0.15, -0.1) is 0 Å². The second-order valence-electron chi connectivity index (χ2n) is 1.15. The third-order valence-corrected chi connectivity index (χ3v) is 0.667. The topological polar surface area (TPSA) is 0 Å². The van der Waals surface area contributed by atoms with Crippen molar-refractivity contribution in [2.75, 3.05) is 0 Å². The third kappa shape index (κ3) is 2.53. The Morgan fingerprint density at radius 3 is 0.714 bits per heavy atom. The van der Waals surface area contributed by atoms with E-state index in [1.165, 1.54) is 0 Å². The van der Waals surface area contributed by atoms with Gasteiger partial charge in [-0.25, -0.2) is 0 Å². The van der Waals surface area contributed by atoms with Crippen LogP contribution >= 0.6 is 0 Å². The molecule has 0 fully saturated rings. The number of hydrogen-bond acceptors (Lipinski definition) is 0. The summed E-state index contributed by atoms with van der Waals surface area (Å²) < 4.78 is 0. The van der Waals surface area contributed by atoms with Crippen molar-refractivity contribution in [2.24, 2.45) is 0 Å². The average molecular weight is 144 g/mol. The molecule has 7 heavy (non-hydrogen) atoms. The van der Waals surface area contributed by atoms with Crippen LogP contribution in [0.4, 0.5) is 0 Å². The summed E-state index contributed by atoms with van der Waals surface area (Å²) in [6, 6.07) is 12.0. The van der Waals surface area contributed by atoms with E-state index in [9.17, 15) is 0 Å². The fraction of sp³-hybridized carbons (Fsp3) is 0. The maximum Gasteiger partial charge on any atom is 2.00 e. The SMILES string of the molecule is [Zn+2].c1ccccc1. The van der Waals surface area contributed by atoms with Crippen LogP contribution in [0, 0.1) is 0 Å². The first kappa shape index (κ1) is 6.84. The minimum Gasteiger partial charge on any atom is -0.0623 e. The van der Waals surface area contributed by atoms with Gasteiger partial charge in [0.05, 0.1) is 0 Å². The van der Waals surface area contributed by atoms with E-state index >= 15 is 0 Å². The molecule has 0 radical (unpaired) electrons. The molecule has 0 nitrogen and oxygen atoms in total. The van der Waals surface area contributed by atoms with E-state index in [-0.39, 0.29) is 19.5 Å². The zero-order chi connectivity index (χ0) is 4.24. The monoisotopic (exact) mass is 142 g/mol. The normalized spacial score (nSPS) is 6.86. The van der Waals surface area contributed by atoms with Crippen molar-refractivity contribution in [2.45, 2.75) is 0 Å². The van der Waals surface area contributed by atoms with E-state index in [1.807, 2.05) is 36.4 Å². The fourth-order valence-electron chi connectivity index (χ4n) is 0.385. The van der Waals surface area contributed by atoms with Gasteiger partial charge in [0, 0.05) is 0 Å². The van der Waals surface area contributed by atoms with Crippen molar-refractivity contribution in [3.8, 4) is 0 Å². The molecule has 0 aliphatic heterocycles. The van der Waals surface area contributed by atoms with Gasteiger partial charge in [-0.2, -0.15) is 0 Å². The van der Waals surface area contributed by atoms with Crippen LogP contribution < -0.4 is 0 Å². The molecule has 0 aromatic heterocycles. The average Bonchev–Trinajstić information content (AvgIpc) is 1.72. The largest absolute Gasteiger partial charge is 2.00 e. The number of benzene rings is 1. The Morgan fingerprint density at radius 1 is 0.429 bits per heavy atom. The van der Waals surface area contributed by atoms with Crippen molar-refractivity contribution in [1.29, 1.82) is 0 Å². The van der Waals surface area contributed by atoms with Gasteiger partial charge in [0.1, 0.15) is 0 Å². The second kappa shape index (κ2) is 4.01. The van der Waals surface area contributed by atoms with Gasteiger partial charge in [-0.3, -0.25) is 0 Å². The molecule has 1 aromatic carbocycles. The standard InChI is InChI=1S/C6H6.Zn/c1-2-4-6-5-3-1;/h1-6H;/q;+2. The summed E-state index contributed by atoms with van der Waals surface area (Å²) >= 11 is 0. The van der Waals surface area contributed by atoms with Crippen LogP contribution in [0.15, 0.2) is 36.4 Å². The van der Waals surface area contributed by atoms with E-state index in [1.54, 1.807) is 0 Å². The van der Waals surface area contributed by atoms with Gasteiger partial charge in [0.2, 0.25) is 0 Å². The Balaban J connectivity index is 0.000000360. The van der Waals surface area contributed by atoms with Crippen molar-refractivity contribution in [1.82, 2.24) is 0 Å². The van der Waals surface area contributed by atoms with Crippen molar-refractivity contribution in [3.63, 3.8) is 0 Å². The van der Waals surface area contributed by atoms with Crippen LogP contribution in [-0.4, -0.2) is 0 Å². The van der Waals surface area contributed by atoms with Crippen LogP contribution in [0.1, 0.15) is 0 Å². The van der Waals surface area contributed by atoms with Gasteiger partial charge in [0.15, 0.2) is 0 Å². The molecule has 30 valence electrons. The molecule has 1 heteroatoms. The van der Waals surface area contributed by atoms with Gasteiger partial charge >= 0.3 is 19.5 Å². The molecule has 0 atom stereocenters. The van der Waals surface area contributed by atoms with E-state index < -0.39 is 0 Å². The Hall–Kier alpha value is -0.157. The minimum atomic E-state index is 0. The first-order chi connectivity index (χ1) is 3.00. The third-order valence-electron chi connectivity index (χ3n) is 0.667. The summed E-state index contributed by atoms with van der Waals surface area (Å²) in [5.41, 5.74) is 0. The summed E-state index contributed by atoms with van der Waals surface area (Å²) in [7, 11) is 0. The molecule has 0 saturated carbocycles. The molecule has 1 aromatic rings. The van der Waals surface area contributed by atoms with Crippen LogP contribution in [0.2, 0.25) is 0 Å². The molecule has 0 amide bonds. The molecular weight excluding hydrogens is 137 g/mol. The number of hydrogen-bond donors (Lipinski definition) is 0. The Kier molecular flexibility index (Phi) is 3.92. The molecule has 0 aliphatic carbocycles. The molecule has 1 rings (SSSR count). The predicted octanol–water partition coefficient (Wildman–Crippen LogP) is 1.68. The van der Waals surface area contributed by atoms with Crippen molar-refractivity contribution < 1.29 is 19.5 Å². The fourth-order valence-corrected chi connectivity index (χ4v) is 0.385. The summed E-state index contributed by atoms with van der Waals surface area (Å²) in [6.07, 6.45) is 0. The van der Waals surface area contributed by atoms with Crippen LogP contribution in [-0.2, 0) is 19.5 Å². The van der Waals surface area contributed by atoms with Crippen LogP contribution in [0.25, 0.3) is 0 Å². The van der Waals surface area contributed by atoms with E-state index in [4.69, 9.17) is 0 Å². The van der Waals surface area contributed by atoms with E-state index in [2.05, 4.69) is 0 Å². The maximum absolute atomic E-state index is 2.00. The quantitative estimate of drug-likeness (QED) is 0.485. The van der Waals surface area contributed by atoms with Gasteiger partial charge in [-0.1, -0.05) is 36.4 Å². The van der Waals surface area contributed by atoms with E-state index in [0.717, 1.165) is 0 Å². The summed E-state index contributed by atoms with van der Waals surface area (Å²) in [6.45, 7) is 0. The van der Waals surface area contributed by atoms with Gasteiger partial charge in [-0.05, 0) is 0 Å². The Morgan fingerprint density at radius 2 is 0.571 bits per heavy atom. The molecule has 0 saturated heterocycles. The summed E-state index contributed by atoms with van der Waals surface area (Å²) in [5, 5.41) is 0. The molecule has 0 bridgehead atoms. The smallest absolute Gasteiger partial charge is 0.0623 e. The predicted molar refractivity (Wildman–Crippen MR) is 26.4 cm³/mol. The second-order valence-corrected chi connectivity index (χ2v) is 1.15. The molecule has 0 spiro atoms. The van der Waals surface area contributed by atoms with Crippen LogP contribution in [0.5, 0.6) is 0 Å². The minimum absolute atomic E-state index is 0. The van der Waals surface area contributed by atoms with Crippen LogP contribution in [0.3, 0.4) is 0 Å². The molecule has 0 aliphatic rings. The van der Waals surface area contributed by atoms with Gasteiger partial charge in [0.25, 0.3) is 0 Å². The van der Waals surface area contributed by atoms with Crippen molar-refractivity contribution >= 4 is 0 Å². The zero-order valence-corrected chi connectivity index (χ0v) is 7.14. The molecule has 0 N–H and O–H groups in total. The molecule has 0 unspecified atom stereocenters. The van der Waals surface area contributed by atoms with Crippen molar-refractivity contribution in [3.05, 3.63) is 36.4 Å². The molecular formula is C6H6Zn+2. The maximum atomic E-state index is 2.00. The Labute approximate surface area is 56.3 Å². The number of rotatable bonds is 0. The summed E-state index contributed by atoms with van der Waals surface area (Å²) in [5.74, 6) is 0. The first-order valence-electron chi connectivity index (χ1n) is 2.00. The first-order valence-corrected chi connectivity index (χ1v) is 2.00. The summed E-state index contributed by atoms with van der Waals surface area (Å²) in [4.78, 5) is 0. The molecule has 0 heterocycles. The Bertz CT molecular complexity index is 76.1.